The number of rotatable bonds is 3. The van der Waals surface area contributed by atoms with Gasteiger partial charge < -0.3 is 19.9 Å². The quantitative estimate of drug-likeness (QED) is 0.820. The second kappa shape index (κ2) is 6.12. The topological polar surface area (TPSA) is 100 Å². The smallest absolute Gasteiger partial charge is 0.327 e. The van der Waals surface area contributed by atoms with Crippen molar-refractivity contribution in [2.24, 2.45) is 7.05 Å². The van der Waals surface area contributed by atoms with Gasteiger partial charge in [-0.05, 0) is 6.92 Å². The van der Waals surface area contributed by atoms with Crippen molar-refractivity contribution >= 4 is 23.8 Å². The number of hydrogen-bond donors (Lipinski definition) is 2. The van der Waals surface area contributed by atoms with Gasteiger partial charge in [0, 0.05) is 25.1 Å². The van der Waals surface area contributed by atoms with Crippen molar-refractivity contribution in [3.05, 3.63) is 12.2 Å². The van der Waals surface area contributed by atoms with Crippen molar-refractivity contribution in [1.29, 1.82) is 0 Å². The van der Waals surface area contributed by atoms with E-state index in [-0.39, 0.29) is 12.1 Å². The lowest BCUT2D eigenvalue weighted by molar-refractivity contribution is -0.141. The molecule has 2 rings (SSSR count). The van der Waals surface area contributed by atoms with E-state index in [9.17, 15) is 9.59 Å². The molecule has 9 heteroatoms. The van der Waals surface area contributed by atoms with Crippen LogP contribution >= 0.6 is 11.8 Å². The monoisotopic (exact) mass is 299 g/mol. The zero-order chi connectivity index (χ0) is 14.7. The zero-order valence-corrected chi connectivity index (χ0v) is 12.1. The Hall–Kier alpha value is -1.77. The molecule has 1 aliphatic heterocycles. The van der Waals surface area contributed by atoms with Crippen LogP contribution in [0.15, 0.2) is 6.33 Å². The van der Waals surface area contributed by atoms with Gasteiger partial charge in [-0.1, -0.05) is 0 Å². The molecule has 0 spiro atoms. The average molecular weight is 299 g/mol. The first kappa shape index (κ1) is 14.6. The van der Waals surface area contributed by atoms with Gasteiger partial charge in [0.1, 0.15) is 12.4 Å². The summed E-state index contributed by atoms with van der Waals surface area (Å²) in [6.07, 6.45) is 1.55. The van der Waals surface area contributed by atoms with Crippen LogP contribution in [-0.2, 0) is 11.8 Å². The Labute approximate surface area is 120 Å². The van der Waals surface area contributed by atoms with Gasteiger partial charge in [0.05, 0.1) is 6.04 Å². The molecule has 1 saturated heterocycles. The number of thioether (sulfide) groups is 1. The lowest BCUT2D eigenvalue weighted by Gasteiger charge is -2.33. The van der Waals surface area contributed by atoms with E-state index in [2.05, 4.69) is 15.5 Å². The Bertz CT molecular complexity index is 506. The highest BCUT2D eigenvalue weighted by molar-refractivity contribution is 7.99. The number of aromatic nitrogens is 3. The summed E-state index contributed by atoms with van der Waals surface area (Å²) in [6, 6.07) is -1.49. The molecule has 20 heavy (non-hydrogen) atoms. The standard InChI is InChI=1S/C11H17N5O3S/c1-7(9-14-12-6-15(9)2)13-11(19)16-3-4-20-5-8(16)10(17)18/h6-8H,3-5H2,1-2H3,(H,13,19)(H,17,18). The van der Waals surface area contributed by atoms with Gasteiger partial charge in [-0.15, -0.1) is 10.2 Å². The minimum absolute atomic E-state index is 0.334. The largest absolute Gasteiger partial charge is 0.480 e. The van der Waals surface area contributed by atoms with E-state index in [4.69, 9.17) is 5.11 Å². The lowest BCUT2D eigenvalue weighted by Crippen LogP contribution is -2.54. The third-order valence-corrected chi connectivity index (χ3v) is 4.17. The molecule has 0 aliphatic carbocycles. The predicted molar refractivity (Wildman–Crippen MR) is 73.4 cm³/mol. The molecular weight excluding hydrogens is 282 g/mol. The highest BCUT2D eigenvalue weighted by Gasteiger charge is 2.33. The fourth-order valence-corrected chi connectivity index (χ4v) is 3.11. The number of nitrogens with one attached hydrogen (secondary N) is 1. The summed E-state index contributed by atoms with van der Waals surface area (Å²) < 4.78 is 1.71. The maximum absolute atomic E-state index is 12.2. The molecule has 0 saturated carbocycles. The van der Waals surface area contributed by atoms with E-state index in [1.807, 2.05) is 0 Å². The van der Waals surface area contributed by atoms with Gasteiger partial charge >= 0.3 is 12.0 Å². The summed E-state index contributed by atoms with van der Waals surface area (Å²) in [4.78, 5) is 24.8. The van der Waals surface area contributed by atoms with Gasteiger partial charge in [-0.3, -0.25) is 0 Å². The van der Waals surface area contributed by atoms with Gasteiger partial charge in [0.2, 0.25) is 0 Å². The number of nitrogens with zero attached hydrogens (tertiary/aromatic N) is 4. The van der Waals surface area contributed by atoms with Crippen LogP contribution in [0.3, 0.4) is 0 Å². The lowest BCUT2D eigenvalue weighted by atomic mass is 10.2. The first-order valence-corrected chi connectivity index (χ1v) is 7.37. The fraction of sp³-hybridized carbons (Fsp3) is 0.636. The van der Waals surface area contributed by atoms with E-state index in [1.165, 1.54) is 4.90 Å². The molecular formula is C11H17N5O3S. The second-order valence-electron chi connectivity index (χ2n) is 4.59. The molecule has 1 aromatic rings. The van der Waals surface area contributed by atoms with Crippen LogP contribution in [0.1, 0.15) is 18.8 Å². The van der Waals surface area contributed by atoms with Crippen LogP contribution in [0.5, 0.6) is 0 Å². The summed E-state index contributed by atoms with van der Waals surface area (Å²) in [5.74, 6) is 0.812. The molecule has 1 aromatic heterocycles. The van der Waals surface area contributed by atoms with Crippen molar-refractivity contribution < 1.29 is 14.7 Å². The number of carboxylic acid groups (broad SMARTS) is 1. The minimum Gasteiger partial charge on any atom is -0.480 e. The van der Waals surface area contributed by atoms with E-state index in [0.717, 1.165) is 5.75 Å². The van der Waals surface area contributed by atoms with E-state index in [0.29, 0.717) is 18.1 Å². The number of aryl methyl sites for hydroxylation is 1. The average Bonchev–Trinajstić information content (AvgIpc) is 2.85. The number of amides is 2. The zero-order valence-electron chi connectivity index (χ0n) is 11.3. The minimum atomic E-state index is -0.973. The Morgan fingerprint density at radius 1 is 1.60 bits per heavy atom. The van der Waals surface area contributed by atoms with Crippen molar-refractivity contribution in [3.63, 3.8) is 0 Å². The highest BCUT2D eigenvalue weighted by atomic mass is 32.2. The normalized spacial score (nSPS) is 20.5. The Morgan fingerprint density at radius 3 is 2.95 bits per heavy atom. The number of carbonyl (C=O) groups excluding carboxylic acids is 1. The van der Waals surface area contributed by atoms with Gasteiger partial charge in [-0.2, -0.15) is 11.8 Å². The van der Waals surface area contributed by atoms with Crippen LogP contribution in [0, 0.1) is 0 Å². The van der Waals surface area contributed by atoms with Crippen LogP contribution in [0.2, 0.25) is 0 Å². The molecule has 2 amide bonds. The second-order valence-corrected chi connectivity index (χ2v) is 5.74. The van der Waals surface area contributed by atoms with Crippen LogP contribution in [-0.4, -0.2) is 60.9 Å². The Kier molecular flexibility index (Phi) is 4.48. The molecule has 1 fully saturated rings. The first-order valence-electron chi connectivity index (χ1n) is 6.22. The third kappa shape index (κ3) is 3.03. The Morgan fingerprint density at radius 2 is 2.35 bits per heavy atom. The summed E-state index contributed by atoms with van der Waals surface area (Å²) in [7, 11) is 1.79. The van der Waals surface area contributed by atoms with Crippen molar-refractivity contribution in [2.45, 2.75) is 19.0 Å². The number of urea groups is 1. The van der Waals surface area contributed by atoms with Gasteiger partial charge in [-0.25, -0.2) is 9.59 Å². The first-order chi connectivity index (χ1) is 9.50. The van der Waals surface area contributed by atoms with Crippen molar-refractivity contribution in [3.8, 4) is 0 Å². The van der Waals surface area contributed by atoms with Crippen LogP contribution in [0.25, 0.3) is 0 Å². The number of hydrogen-bond acceptors (Lipinski definition) is 5. The van der Waals surface area contributed by atoms with E-state index < -0.39 is 12.0 Å². The molecule has 110 valence electrons. The van der Waals surface area contributed by atoms with Gasteiger partial charge in [0.15, 0.2) is 5.82 Å². The number of aliphatic carboxylic acids is 1. The molecule has 1 aliphatic rings. The van der Waals surface area contributed by atoms with Crippen LogP contribution in [0.4, 0.5) is 4.79 Å². The van der Waals surface area contributed by atoms with Crippen molar-refractivity contribution in [1.82, 2.24) is 25.0 Å². The summed E-state index contributed by atoms with van der Waals surface area (Å²) >= 11 is 1.54. The SMILES string of the molecule is CC(NC(=O)N1CCSCC1C(=O)O)c1nncn1C. The van der Waals surface area contributed by atoms with E-state index >= 15 is 0 Å². The van der Waals surface area contributed by atoms with Crippen molar-refractivity contribution in [2.75, 3.05) is 18.1 Å². The molecule has 2 N–H and O–H groups in total. The predicted octanol–water partition coefficient (Wildman–Crippen LogP) is 0.0877. The maximum atomic E-state index is 12.2. The molecule has 2 atom stereocenters. The molecule has 8 nitrogen and oxygen atoms in total. The number of carboxylic acids is 1. The fourth-order valence-electron chi connectivity index (χ4n) is 2.07. The molecule has 0 aromatic carbocycles. The highest BCUT2D eigenvalue weighted by Crippen LogP contribution is 2.18. The van der Waals surface area contributed by atoms with E-state index in [1.54, 1.807) is 36.6 Å². The third-order valence-electron chi connectivity index (χ3n) is 3.15. The summed E-state index contributed by atoms with van der Waals surface area (Å²) in [5, 5.41) is 19.6. The molecule has 2 heterocycles. The van der Waals surface area contributed by atoms with Gasteiger partial charge in [0.25, 0.3) is 0 Å². The summed E-state index contributed by atoms with van der Waals surface area (Å²) in [5.41, 5.74) is 0. The molecule has 2 unspecified atom stereocenters. The summed E-state index contributed by atoms with van der Waals surface area (Å²) in [6.45, 7) is 2.22. The molecule has 0 radical (unpaired) electrons. The van der Waals surface area contributed by atoms with Crippen LogP contribution < -0.4 is 5.32 Å². The number of carbonyl (C=O) groups is 2. The maximum Gasteiger partial charge on any atom is 0.327 e. The molecule has 0 bridgehead atoms. The Balaban J connectivity index is 2.03.